The molecular weight excluding hydrogens is 418 g/mol. The van der Waals surface area contributed by atoms with E-state index < -0.39 is 29.8 Å². The summed E-state index contributed by atoms with van der Waals surface area (Å²) in [5.74, 6) is -1.55. The van der Waals surface area contributed by atoms with Crippen molar-refractivity contribution in [3.05, 3.63) is 59.2 Å². The Balaban J connectivity index is 2.44. The predicted molar refractivity (Wildman–Crippen MR) is 119 cm³/mol. The maximum atomic E-state index is 14.8. The van der Waals surface area contributed by atoms with Crippen LogP contribution in [0.3, 0.4) is 0 Å². The molecule has 2 unspecified atom stereocenters. The predicted octanol–water partition coefficient (Wildman–Crippen LogP) is 4.84. The number of benzene rings is 2. The largest absolute Gasteiger partial charge is 0.493 e. The number of carbonyl (C=O) groups is 1. The fourth-order valence-corrected chi connectivity index (χ4v) is 3.49. The third-order valence-corrected chi connectivity index (χ3v) is 4.97. The molecular formula is C25H30F2O5. The number of esters is 1. The standard InChI is InChI=1S/C25H30F2O5/c1-5-32-23(30)13-19(29)12-18(28)10-11-20-21(15(2)3)14-22(27)25(31-4)24(20)16-6-8-17(26)9-7-16/h6-11,14-15,18-19,28-29H,5,12-13H2,1-4H3/b11-10+. The van der Waals surface area contributed by atoms with Crippen LogP contribution in [0.4, 0.5) is 8.78 Å². The van der Waals surface area contributed by atoms with Crippen LogP contribution in [0.15, 0.2) is 36.4 Å². The van der Waals surface area contributed by atoms with Crippen molar-refractivity contribution in [1.82, 2.24) is 0 Å². The van der Waals surface area contributed by atoms with Crippen molar-refractivity contribution in [2.24, 2.45) is 0 Å². The second kappa shape index (κ2) is 11.7. The first kappa shape index (κ1) is 25.5. The number of aliphatic hydroxyl groups is 2. The van der Waals surface area contributed by atoms with Gasteiger partial charge in [-0.1, -0.05) is 38.1 Å². The molecule has 0 bridgehead atoms. The fraction of sp³-hybridized carbons (Fsp3) is 0.400. The van der Waals surface area contributed by atoms with Crippen molar-refractivity contribution in [3.63, 3.8) is 0 Å². The highest BCUT2D eigenvalue weighted by Crippen LogP contribution is 2.40. The van der Waals surface area contributed by atoms with Gasteiger partial charge in [0.2, 0.25) is 0 Å². The molecule has 0 aliphatic rings. The molecule has 0 aromatic heterocycles. The third-order valence-electron chi connectivity index (χ3n) is 4.97. The number of hydrogen-bond acceptors (Lipinski definition) is 5. The van der Waals surface area contributed by atoms with E-state index in [9.17, 15) is 23.8 Å². The Bertz CT molecular complexity index is 938. The zero-order chi connectivity index (χ0) is 23.8. The Kier molecular flexibility index (Phi) is 9.35. The van der Waals surface area contributed by atoms with Gasteiger partial charge in [0, 0.05) is 12.0 Å². The molecule has 2 rings (SSSR count). The van der Waals surface area contributed by atoms with Gasteiger partial charge in [0.15, 0.2) is 11.6 Å². The van der Waals surface area contributed by atoms with Crippen molar-refractivity contribution in [3.8, 4) is 16.9 Å². The minimum atomic E-state index is -1.07. The van der Waals surface area contributed by atoms with Crippen LogP contribution in [0.1, 0.15) is 50.7 Å². The Morgan fingerprint density at radius 1 is 1.16 bits per heavy atom. The summed E-state index contributed by atoms with van der Waals surface area (Å²) in [6, 6.07) is 7.02. The van der Waals surface area contributed by atoms with Gasteiger partial charge in [-0.05, 0) is 47.7 Å². The first-order valence-electron chi connectivity index (χ1n) is 10.5. The summed E-state index contributed by atoms with van der Waals surface area (Å²) in [5, 5.41) is 20.4. The molecule has 5 nitrogen and oxygen atoms in total. The first-order chi connectivity index (χ1) is 15.2. The Morgan fingerprint density at radius 2 is 1.81 bits per heavy atom. The quantitative estimate of drug-likeness (QED) is 0.509. The summed E-state index contributed by atoms with van der Waals surface area (Å²) in [6.07, 6.45) is 0.684. The van der Waals surface area contributed by atoms with E-state index in [0.717, 1.165) is 0 Å². The minimum absolute atomic E-state index is 0.0116. The van der Waals surface area contributed by atoms with E-state index in [-0.39, 0.29) is 31.1 Å². The Labute approximate surface area is 187 Å². The molecule has 32 heavy (non-hydrogen) atoms. The average Bonchev–Trinajstić information content (AvgIpc) is 2.72. The van der Waals surface area contributed by atoms with E-state index >= 15 is 0 Å². The number of aliphatic hydroxyl groups excluding tert-OH is 2. The molecule has 0 radical (unpaired) electrons. The van der Waals surface area contributed by atoms with Crippen LogP contribution in [-0.2, 0) is 9.53 Å². The second-order valence-electron chi connectivity index (χ2n) is 7.76. The van der Waals surface area contributed by atoms with Gasteiger partial charge in [0.1, 0.15) is 5.82 Å². The van der Waals surface area contributed by atoms with Crippen molar-refractivity contribution < 1.29 is 33.3 Å². The molecule has 174 valence electrons. The fourth-order valence-electron chi connectivity index (χ4n) is 3.49. The van der Waals surface area contributed by atoms with Crippen LogP contribution in [0.5, 0.6) is 5.75 Å². The molecule has 2 atom stereocenters. The van der Waals surface area contributed by atoms with Crippen LogP contribution < -0.4 is 4.74 Å². The summed E-state index contributed by atoms with van der Waals surface area (Å²) < 4.78 is 38.4. The van der Waals surface area contributed by atoms with E-state index in [1.807, 2.05) is 13.8 Å². The maximum absolute atomic E-state index is 14.8. The van der Waals surface area contributed by atoms with E-state index in [1.54, 1.807) is 13.0 Å². The van der Waals surface area contributed by atoms with Crippen molar-refractivity contribution in [2.45, 2.75) is 51.7 Å². The maximum Gasteiger partial charge on any atom is 0.308 e. The summed E-state index contributed by atoms with van der Waals surface area (Å²) >= 11 is 0. The molecule has 0 spiro atoms. The molecule has 0 aliphatic carbocycles. The van der Waals surface area contributed by atoms with Gasteiger partial charge in [-0.25, -0.2) is 8.78 Å². The molecule has 0 fully saturated rings. The summed E-state index contributed by atoms with van der Waals surface area (Å²) in [7, 11) is 1.36. The van der Waals surface area contributed by atoms with Gasteiger partial charge in [0.05, 0.1) is 32.3 Å². The normalized spacial score (nSPS) is 13.4. The number of ether oxygens (including phenoxy) is 2. The van der Waals surface area contributed by atoms with Gasteiger partial charge in [0.25, 0.3) is 0 Å². The molecule has 0 saturated carbocycles. The van der Waals surface area contributed by atoms with Crippen molar-refractivity contribution in [2.75, 3.05) is 13.7 Å². The minimum Gasteiger partial charge on any atom is -0.493 e. The number of halogens is 2. The first-order valence-corrected chi connectivity index (χ1v) is 10.5. The molecule has 0 aliphatic heterocycles. The highest BCUT2D eigenvalue weighted by Gasteiger charge is 2.21. The SMILES string of the molecule is CCOC(=O)CC(O)CC(O)/C=C/c1c(C(C)C)cc(F)c(OC)c1-c1ccc(F)cc1. The lowest BCUT2D eigenvalue weighted by molar-refractivity contribution is -0.145. The molecule has 2 aromatic rings. The van der Waals surface area contributed by atoms with Crippen LogP contribution in [0, 0.1) is 11.6 Å². The highest BCUT2D eigenvalue weighted by molar-refractivity contribution is 5.83. The zero-order valence-electron chi connectivity index (χ0n) is 18.8. The molecule has 0 amide bonds. The van der Waals surface area contributed by atoms with Crippen molar-refractivity contribution in [1.29, 1.82) is 0 Å². The van der Waals surface area contributed by atoms with Crippen LogP contribution >= 0.6 is 0 Å². The molecule has 2 N–H and O–H groups in total. The molecule has 0 saturated heterocycles. The van der Waals surface area contributed by atoms with Gasteiger partial charge in [-0.15, -0.1) is 0 Å². The van der Waals surface area contributed by atoms with Crippen molar-refractivity contribution >= 4 is 12.0 Å². The summed E-state index contributed by atoms with van der Waals surface area (Å²) in [5.41, 5.74) is 2.29. The molecule has 7 heteroatoms. The van der Waals surface area contributed by atoms with Crippen LogP contribution in [-0.4, -0.2) is 42.1 Å². The second-order valence-corrected chi connectivity index (χ2v) is 7.76. The van der Waals surface area contributed by atoms with Gasteiger partial charge >= 0.3 is 5.97 Å². The topological polar surface area (TPSA) is 76.0 Å². The van der Waals surface area contributed by atoms with Crippen LogP contribution in [0.25, 0.3) is 17.2 Å². The van der Waals surface area contributed by atoms with E-state index in [2.05, 4.69) is 0 Å². The average molecular weight is 449 g/mol. The van der Waals surface area contributed by atoms with Gasteiger partial charge in [-0.3, -0.25) is 4.79 Å². The third kappa shape index (κ3) is 6.61. The van der Waals surface area contributed by atoms with E-state index in [4.69, 9.17) is 9.47 Å². The Morgan fingerprint density at radius 3 is 2.38 bits per heavy atom. The molecule has 2 aromatic carbocycles. The lowest BCUT2D eigenvalue weighted by atomic mass is 9.88. The Hall–Kier alpha value is -2.77. The van der Waals surface area contributed by atoms with Gasteiger partial charge < -0.3 is 19.7 Å². The molecule has 0 heterocycles. The number of carbonyl (C=O) groups excluding carboxylic acids is 1. The zero-order valence-corrected chi connectivity index (χ0v) is 18.8. The lowest BCUT2D eigenvalue weighted by Crippen LogP contribution is -2.20. The van der Waals surface area contributed by atoms with Gasteiger partial charge in [-0.2, -0.15) is 0 Å². The lowest BCUT2D eigenvalue weighted by Gasteiger charge is -2.20. The smallest absolute Gasteiger partial charge is 0.308 e. The summed E-state index contributed by atoms with van der Waals surface area (Å²) in [4.78, 5) is 11.5. The summed E-state index contributed by atoms with van der Waals surface area (Å²) in [6.45, 7) is 5.70. The van der Waals surface area contributed by atoms with Crippen LogP contribution in [0.2, 0.25) is 0 Å². The number of hydrogen-bond donors (Lipinski definition) is 2. The van der Waals surface area contributed by atoms with E-state index in [1.165, 1.54) is 43.5 Å². The monoisotopic (exact) mass is 448 g/mol. The number of methoxy groups -OCH3 is 1. The van der Waals surface area contributed by atoms with E-state index in [0.29, 0.717) is 22.3 Å². The highest BCUT2D eigenvalue weighted by atomic mass is 19.1. The number of rotatable bonds is 10.